The van der Waals surface area contributed by atoms with Crippen molar-refractivity contribution in [2.45, 2.75) is 12.5 Å². The van der Waals surface area contributed by atoms with Gasteiger partial charge in [-0.05, 0) is 23.8 Å². The highest BCUT2D eigenvalue weighted by Gasteiger charge is 2.21. The number of aliphatic carboxylic acids is 1. The van der Waals surface area contributed by atoms with Gasteiger partial charge in [0, 0.05) is 12.0 Å². The molecule has 2 rings (SSSR count). The van der Waals surface area contributed by atoms with Crippen LogP contribution in [0.15, 0.2) is 54.6 Å². The zero-order chi connectivity index (χ0) is 15.2. The Morgan fingerprint density at radius 1 is 1.05 bits per heavy atom. The van der Waals surface area contributed by atoms with Crippen LogP contribution in [0.25, 0.3) is 0 Å². The van der Waals surface area contributed by atoms with Gasteiger partial charge in [-0.2, -0.15) is 0 Å². The lowest BCUT2D eigenvalue weighted by molar-refractivity contribution is -0.139. The van der Waals surface area contributed by atoms with E-state index in [2.05, 4.69) is 5.32 Å². The van der Waals surface area contributed by atoms with Gasteiger partial charge in [0.2, 0.25) is 0 Å². The molecule has 0 fully saturated rings. The fourth-order valence-electron chi connectivity index (χ4n) is 1.94. The normalized spacial score (nSPS) is 11.6. The van der Waals surface area contributed by atoms with Crippen molar-refractivity contribution < 1.29 is 19.8 Å². The van der Waals surface area contributed by atoms with E-state index in [1.165, 1.54) is 24.3 Å². The molecule has 1 atom stereocenters. The van der Waals surface area contributed by atoms with Crippen LogP contribution < -0.4 is 5.32 Å². The summed E-state index contributed by atoms with van der Waals surface area (Å²) in [6.45, 7) is 0. The monoisotopic (exact) mass is 285 g/mol. The third kappa shape index (κ3) is 4.07. The lowest BCUT2D eigenvalue weighted by Crippen LogP contribution is -2.42. The Morgan fingerprint density at radius 2 is 1.76 bits per heavy atom. The SMILES string of the molecule is O=C(N[C@H](Cc1ccccc1)C(=O)O)c1cccc(O)c1. The maximum atomic E-state index is 12.0. The van der Waals surface area contributed by atoms with E-state index < -0.39 is 17.9 Å². The van der Waals surface area contributed by atoms with Gasteiger partial charge in [0.15, 0.2) is 0 Å². The highest BCUT2D eigenvalue weighted by Crippen LogP contribution is 2.11. The Hall–Kier alpha value is -2.82. The van der Waals surface area contributed by atoms with Gasteiger partial charge in [0.25, 0.3) is 5.91 Å². The second-order valence-electron chi connectivity index (χ2n) is 4.60. The van der Waals surface area contributed by atoms with E-state index in [1.54, 1.807) is 12.1 Å². The number of rotatable bonds is 5. The Kier molecular flexibility index (Phi) is 4.56. The number of hydrogen-bond acceptors (Lipinski definition) is 3. The lowest BCUT2D eigenvalue weighted by Gasteiger charge is -2.14. The highest BCUT2D eigenvalue weighted by atomic mass is 16.4. The molecule has 0 radical (unpaired) electrons. The molecule has 2 aromatic carbocycles. The maximum Gasteiger partial charge on any atom is 0.326 e. The molecular formula is C16H15NO4. The Labute approximate surface area is 121 Å². The number of carboxylic acid groups (broad SMARTS) is 1. The predicted octanol–water partition coefficient (Wildman–Crippen LogP) is 1.82. The van der Waals surface area contributed by atoms with E-state index in [-0.39, 0.29) is 17.7 Å². The first-order valence-electron chi connectivity index (χ1n) is 6.43. The molecule has 0 spiro atoms. The number of benzene rings is 2. The smallest absolute Gasteiger partial charge is 0.326 e. The first kappa shape index (κ1) is 14.6. The molecule has 3 N–H and O–H groups in total. The second kappa shape index (κ2) is 6.56. The minimum absolute atomic E-state index is 0.0439. The van der Waals surface area contributed by atoms with Crippen molar-refractivity contribution in [3.8, 4) is 5.75 Å². The number of nitrogens with one attached hydrogen (secondary N) is 1. The molecule has 0 bridgehead atoms. The number of carbonyl (C=O) groups excluding carboxylic acids is 1. The van der Waals surface area contributed by atoms with Gasteiger partial charge in [0.1, 0.15) is 11.8 Å². The molecule has 0 saturated carbocycles. The molecule has 0 aromatic heterocycles. The summed E-state index contributed by atoms with van der Waals surface area (Å²) in [7, 11) is 0. The van der Waals surface area contributed by atoms with Crippen LogP contribution in [0, 0.1) is 0 Å². The molecule has 0 aliphatic carbocycles. The zero-order valence-corrected chi connectivity index (χ0v) is 11.2. The van der Waals surface area contributed by atoms with Crippen molar-refractivity contribution in [2.75, 3.05) is 0 Å². The fraction of sp³-hybridized carbons (Fsp3) is 0.125. The quantitative estimate of drug-likeness (QED) is 0.782. The summed E-state index contributed by atoms with van der Waals surface area (Å²) in [5, 5.41) is 21.0. The molecule has 108 valence electrons. The Balaban J connectivity index is 2.10. The summed E-state index contributed by atoms with van der Waals surface area (Å²) < 4.78 is 0. The maximum absolute atomic E-state index is 12.0. The number of hydrogen-bond donors (Lipinski definition) is 3. The fourth-order valence-corrected chi connectivity index (χ4v) is 1.94. The Morgan fingerprint density at radius 3 is 2.38 bits per heavy atom. The average molecular weight is 285 g/mol. The van der Waals surface area contributed by atoms with Crippen molar-refractivity contribution in [3.05, 3.63) is 65.7 Å². The Bertz CT molecular complexity index is 640. The standard InChI is InChI=1S/C16H15NO4/c18-13-8-4-7-12(10-13)15(19)17-14(16(20)21)9-11-5-2-1-3-6-11/h1-8,10,14,18H,9H2,(H,17,19)(H,20,21)/t14-/m1/s1. The van der Waals surface area contributed by atoms with Crippen LogP contribution in [0.3, 0.4) is 0 Å². The predicted molar refractivity (Wildman–Crippen MR) is 77.1 cm³/mol. The molecule has 21 heavy (non-hydrogen) atoms. The molecule has 1 amide bonds. The van der Waals surface area contributed by atoms with E-state index in [4.69, 9.17) is 0 Å². The van der Waals surface area contributed by atoms with Crippen molar-refractivity contribution in [1.82, 2.24) is 5.32 Å². The van der Waals surface area contributed by atoms with Gasteiger partial charge in [-0.1, -0.05) is 36.4 Å². The summed E-state index contributed by atoms with van der Waals surface area (Å²) in [6.07, 6.45) is 0.195. The van der Waals surface area contributed by atoms with Crippen LogP contribution in [0.2, 0.25) is 0 Å². The first-order valence-corrected chi connectivity index (χ1v) is 6.43. The zero-order valence-electron chi connectivity index (χ0n) is 11.2. The summed E-state index contributed by atoms with van der Waals surface area (Å²) in [5.74, 6) is -1.68. The lowest BCUT2D eigenvalue weighted by atomic mass is 10.1. The molecule has 5 heteroatoms. The summed E-state index contributed by atoms with van der Waals surface area (Å²) >= 11 is 0. The summed E-state index contributed by atoms with van der Waals surface area (Å²) in [6, 6.07) is 13.8. The van der Waals surface area contributed by atoms with E-state index in [1.807, 2.05) is 18.2 Å². The van der Waals surface area contributed by atoms with Gasteiger partial charge in [-0.25, -0.2) is 4.79 Å². The van der Waals surface area contributed by atoms with Crippen molar-refractivity contribution in [2.24, 2.45) is 0 Å². The van der Waals surface area contributed by atoms with E-state index in [9.17, 15) is 19.8 Å². The highest BCUT2D eigenvalue weighted by molar-refractivity contribution is 5.96. The van der Waals surface area contributed by atoms with Crippen LogP contribution in [0.4, 0.5) is 0 Å². The molecular weight excluding hydrogens is 270 g/mol. The van der Waals surface area contributed by atoms with Crippen molar-refractivity contribution >= 4 is 11.9 Å². The number of carboxylic acids is 1. The summed E-state index contributed by atoms with van der Waals surface area (Å²) in [5.41, 5.74) is 1.04. The summed E-state index contributed by atoms with van der Waals surface area (Å²) in [4.78, 5) is 23.3. The number of carbonyl (C=O) groups is 2. The first-order chi connectivity index (χ1) is 10.1. The minimum Gasteiger partial charge on any atom is -0.508 e. The van der Waals surface area contributed by atoms with Crippen LogP contribution in [0.5, 0.6) is 5.75 Å². The number of phenols is 1. The van der Waals surface area contributed by atoms with Crippen LogP contribution in [-0.4, -0.2) is 28.1 Å². The van der Waals surface area contributed by atoms with E-state index >= 15 is 0 Å². The number of amides is 1. The topological polar surface area (TPSA) is 86.6 Å². The second-order valence-corrected chi connectivity index (χ2v) is 4.60. The third-order valence-corrected chi connectivity index (χ3v) is 2.99. The van der Waals surface area contributed by atoms with Gasteiger partial charge < -0.3 is 15.5 Å². The van der Waals surface area contributed by atoms with Gasteiger partial charge in [0.05, 0.1) is 0 Å². The van der Waals surface area contributed by atoms with Gasteiger partial charge >= 0.3 is 5.97 Å². The van der Waals surface area contributed by atoms with E-state index in [0.717, 1.165) is 5.56 Å². The van der Waals surface area contributed by atoms with Crippen molar-refractivity contribution in [3.63, 3.8) is 0 Å². The largest absolute Gasteiger partial charge is 0.508 e. The molecule has 2 aromatic rings. The molecule has 0 heterocycles. The van der Waals surface area contributed by atoms with Gasteiger partial charge in [-0.3, -0.25) is 4.79 Å². The van der Waals surface area contributed by atoms with E-state index in [0.29, 0.717) is 0 Å². The number of aromatic hydroxyl groups is 1. The molecule has 0 saturated heterocycles. The van der Waals surface area contributed by atoms with Crippen LogP contribution in [-0.2, 0) is 11.2 Å². The molecule has 5 nitrogen and oxygen atoms in total. The molecule has 0 aliphatic rings. The molecule has 0 aliphatic heterocycles. The average Bonchev–Trinajstić information content (AvgIpc) is 2.47. The van der Waals surface area contributed by atoms with Crippen LogP contribution >= 0.6 is 0 Å². The van der Waals surface area contributed by atoms with Crippen molar-refractivity contribution in [1.29, 1.82) is 0 Å². The van der Waals surface area contributed by atoms with Crippen LogP contribution in [0.1, 0.15) is 15.9 Å². The number of phenolic OH excluding ortho intramolecular Hbond substituents is 1. The third-order valence-electron chi connectivity index (χ3n) is 2.99. The minimum atomic E-state index is -1.10. The van der Waals surface area contributed by atoms with Gasteiger partial charge in [-0.15, -0.1) is 0 Å². The molecule has 0 unspecified atom stereocenters.